The van der Waals surface area contributed by atoms with Crippen molar-refractivity contribution >= 4 is 27.5 Å². The first kappa shape index (κ1) is 16.7. The maximum absolute atomic E-state index is 4.81. The summed E-state index contributed by atoms with van der Waals surface area (Å²) in [4.78, 5) is 8.94. The van der Waals surface area contributed by atoms with Gasteiger partial charge in [0.2, 0.25) is 0 Å². The molecule has 0 unspecified atom stereocenters. The molecule has 0 atom stereocenters. The van der Waals surface area contributed by atoms with Gasteiger partial charge in [0.05, 0.1) is 16.7 Å². The third-order valence-electron chi connectivity index (χ3n) is 5.24. The van der Waals surface area contributed by atoms with Crippen molar-refractivity contribution in [3.8, 4) is 11.3 Å². The Labute approximate surface area is 171 Å². The van der Waals surface area contributed by atoms with Crippen LogP contribution in [0.2, 0.25) is 0 Å². The van der Waals surface area contributed by atoms with Crippen molar-refractivity contribution in [2.24, 2.45) is 0 Å². The van der Waals surface area contributed by atoms with Crippen LogP contribution >= 0.6 is 0 Å². The van der Waals surface area contributed by atoms with Gasteiger partial charge >= 0.3 is 0 Å². The summed E-state index contributed by atoms with van der Waals surface area (Å²) in [7, 11) is 0. The molecule has 6 nitrogen and oxygen atoms in total. The lowest BCUT2D eigenvalue weighted by molar-refractivity contribution is 0.842. The predicted molar refractivity (Wildman–Crippen MR) is 116 cm³/mol. The number of para-hydroxylation sites is 1. The smallest absolute Gasteiger partial charge is 0.177 e. The molecule has 2 aromatic carbocycles. The Kier molecular flexibility index (Phi) is 3.74. The molecule has 0 aliphatic carbocycles. The number of rotatable bonds is 3. The molecule has 30 heavy (non-hydrogen) atoms. The molecular weight excluding hydrogens is 372 g/mol. The highest BCUT2D eigenvalue weighted by atomic mass is 15.4. The second-order valence-electron chi connectivity index (χ2n) is 7.23. The summed E-state index contributed by atoms with van der Waals surface area (Å²) in [6.07, 6.45) is 4.30. The van der Waals surface area contributed by atoms with Gasteiger partial charge in [-0.2, -0.15) is 9.61 Å². The third-order valence-corrected chi connectivity index (χ3v) is 5.24. The lowest BCUT2D eigenvalue weighted by Gasteiger charge is -2.05. The first-order valence-electron chi connectivity index (χ1n) is 9.74. The number of pyridine rings is 2. The van der Waals surface area contributed by atoms with E-state index in [-0.39, 0.29) is 0 Å². The minimum absolute atomic E-state index is 0.637. The molecule has 0 saturated carbocycles. The van der Waals surface area contributed by atoms with Gasteiger partial charge in [0.25, 0.3) is 0 Å². The maximum atomic E-state index is 4.81. The molecule has 0 radical (unpaired) electrons. The van der Waals surface area contributed by atoms with E-state index in [0.717, 1.165) is 50.1 Å². The van der Waals surface area contributed by atoms with E-state index < -0.39 is 0 Å². The van der Waals surface area contributed by atoms with Crippen LogP contribution in [0.25, 0.3) is 38.7 Å². The first-order valence-corrected chi connectivity index (χ1v) is 9.74. The van der Waals surface area contributed by atoms with Crippen LogP contribution in [0.5, 0.6) is 0 Å². The molecule has 0 spiro atoms. The molecule has 142 valence electrons. The van der Waals surface area contributed by atoms with E-state index in [1.165, 1.54) is 0 Å². The van der Waals surface area contributed by atoms with Crippen LogP contribution in [-0.2, 0) is 6.42 Å². The molecule has 0 amide bonds. The number of fused-ring (bicyclic) bond motifs is 3. The molecule has 0 aliphatic heterocycles. The molecule has 0 fully saturated rings. The Morgan fingerprint density at radius 2 is 1.60 bits per heavy atom. The average Bonchev–Trinajstić information content (AvgIpc) is 3.20. The van der Waals surface area contributed by atoms with Crippen LogP contribution in [0.15, 0.2) is 85.2 Å². The second kappa shape index (κ2) is 6.70. The second-order valence-corrected chi connectivity index (χ2v) is 7.23. The van der Waals surface area contributed by atoms with Gasteiger partial charge in [-0.05, 0) is 48.0 Å². The minimum atomic E-state index is 0.637. The highest BCUT2D eigenvalue weighted by Crippen LogP contribution is 2.22. The van der Waals surface area contributed by atoms with Crippen molar-refractivity contribution in [2.45, 2.75) is 6.42 Å². The van der Waals surface area contributed by atoms with Crippen molar-refractivity contribution in [3.05, 3.63) is 96.6 Å². The van der Waals surface area contributed by atoms with Gasteiger partial charge in [-0.3, -0.25) is 9.97 Å². The van der Waals surface area contributed by atoms with Crippen LogP contribution in [-0.4, -0.2) is 29.8 Å². The predicted octanol–water partition coefficient (Wildman–Crippen LogP) is 4.48. The van der Waals surface area contributed by atoms with Crippen molar-refractivity contribution < 1.29 is 0 Å². The van der Waals surface area contributed by atoms with Gasteiger partial charge in [0.1, 0.15) is 0 Å². The van der Waals surface area contributed by atoms with E-state index in [1.54, 1.807) is 6.20 Å². The third kappa shape index (κ3) is 2.86. The standard InChI is InChI=1S/C24H16N6/c1-2-6-20-18(4-1)14-19(15-26-20)22-9-10-23-27-28-24(30(23)29-22)13-16-7-8-21-17(12-16)5-3-11-25-21/h1-12,14-15H,13H2. The van der Waals surface area contributed by atoms with Crippen LogP contribution in [0.4, 0.5) is 0 Å². The molecule has 0 N–H and O–H groups in total. The molecule has 6 aromatic rings. The topological polar surface area (TPSA) is 68.9 Å². The van der Waals surface area contributed by atoms with Gasteiger partial charge in [0.15, 0.2) is 11.5 Å². The highest BCUT2D eigenvalue weighted by Gasteiger charge is 2.11. The van der Waals surface area contributed by atoms with Gasteiger partial charge in [-0.1, -0.05) is 30.3 Å². The number of hydrogen-bond donors (Lipinski definition) is 0. The molecule has 6 rings (SSSR count). The SMILES string of the molecule is c1cnc2ccc(Cc3nnc4ccc(-c5cnc6ccccc6c5)nn34)cc2c1. The minimum Gasteiger partial charge on any atom is -0.256 e. The fourth-order valence-corrected chi connectivity index (χ4v) is 3.73. The summed E-state index contributed by atoms with van der Waals surface area (Å²) in [6, 6.07) is 24.3. The van der Waals surface area contributed by atoms with E-state index in [2.05, 4.69) is 50.5 Å². The highest BCUT2D eigenvalue weighted by molar-refractivity contribution is 5.82. The zero-order valence-electron chi connectivity index (χ0n) is 16.0. The zero-order chi connectivity index (χ0) is 19.9. The zero-order valence-corrected chi connectivity index (χ0v) is 16.0. The van der Waals surface area contributed by atoms with E-state index in [0.29, 0.717) is 6.42 Å². The summed E-state index contributed by atoms with van der Waals surface area (Å²) in [5, 5.41) is 15.7. The van der Waals surface area contributed by atoms with Crippen molar-refractivity contribution in [2.75, 3.05) is 0 Å². The molecule has 0 saturated heterocycles. The van der Waals surface area contributed by atoms with Crippen molar-refractivity contribution in [1.29, 1.82) is 0 Å². The Morgan fingerprint density at radius 1 is 0.733 bits per heavy atom. The van der Waals surface area contributed by atoms with Crippen LogP contribution < -0.4 is 0 Å². The quantitative estimate of drug-likeness (QED) is 0.447. The van der Waals surface area contributed by atoms with Crippen LogP contribution in [0.3, 0.4) is 0 Å². The van der Waals surface area contributed by atoms with E-state index in [9.17, 15) is 0 Å². The fourth-order valence-electron chi connectivity index (χ4n) is 3.73. The molecule has 6 heteroatoms. The maximum Gasteiger partial charge on any atom is 0.177 e. The number of hydrogen-bond acceptors (Lipinski definition) is 5. The summed E-state index contributed by atoms with van der Waals surface area (Å²) >= 11 is 0. The lowest BCUT2D eigenvalue weighted by atomic mass is 10.1. The van der Waals surface area contributed by atoms with Crippen LogP contribution in [0.1, 0.15) is 11.4 Å². The molecule has 4 aromatic heterocycles. The van der Waals surface area contributed by atoms with Crippen molar-refractivity contribution in [1.82, 2.24) is 29.8 Å². The summed E-state index contributed by atoms with van der Waals surface area (Å²) < 4.78 is 1.82. The summed E-state index contributed by atoms with van der Waals surface area (Å²) in [5.41, 5.74) is 5.63. The van der Waals surface area contributed by atoms with Crippen LogP contribution in [0, 0.1) is 0 Å². The van der Waals surface area contributed by atoms with Gasteiger partial charge in [0, 0.05) is 35.2 Å². The summed E-state index contributed by atoms with van der Waals surface area (Å²) in [5.74, 6) is 0.795. The van der Waals surface area contributed by atoms with E-state index >= 15 is 0 Å². The largest absolute Gasteiger partial charge is 0.256 e. The Hall–Kier alpha value is -4.19. The van der Waals surface area contributed by atoms with Gasteiger partial charge in [-0.15, -0.1) is 10.2 Å². The van der Waals surface area contributed by atoms with Crippen molar-refractivity contribution in [3.63, 3.8) is 0 Å². The lowest BCUT2D eigenvalue weighted by Crippen LogP contribution is -2.01. The number of nitrogens with zero attached hydrogens (tertiary/aromatic N) is 6. The molecule has 4 heterocycles. The Balaban J connectivity index is 1.40. The number of benzene rings is 2. The van der Waals surface area contributed by atoms with Gasteiger partial charge in [-0.25, -0.2) is 0 Å². The van der Waals surface area contributed by atoms with E-state index in [1.807, 2.05) is 53.2 Å². The first-order chi connectivity index (χ1) is 14.8. The molecular formula is C24H16N6. The fraction of sp³-hybridized carbons (Fsp3) is 0.0417. The monoisotopic (exact) mass is 388 g/mol. The van der Waals surface area contributed by atoms with Gasteiger partial charge < -0.3 is 0 Å². The normalized spacial score (nSPS) is 11.5. The Morgan fingerprint density at radius 3 is 2.60 bits per heavy atom. The molecule has 0 bridgehead atoms. The Bertz CT molecular complexity index is 1540. The number of aromatic nitrogens is 6. The average molecular weight is 388 g/mol. The molecule has 0 aliphatic rings. The van der Waals surface area contributed by atoms with E-state index in [4.69, 9.17) is 5.10 Å². The summed E-state index contributed by atoms with van der Waals surface area (Å²) in [6.45, 7) is 0.